The highest BCUT2D eigenvalue weighted by atomic mass is 19.1. The minimum Gasteiger partial charge on any atom is -0.354 e. The monoisotopic (exact) mass is 364 g/mol. The minimum absolute atomic E-state index is 0.236. The summed E-state index contributed by atoms with van der Waals surface area (Å²) in [5, 5.41) is 10.9. The normalized spacial score (nSPS) is 10.4. The number of carbonyl (C=O) groups excluding carboxylic acids is 1. The lowest BCUT2D eigenvalue weighted by molar-refractivity contribution is 0.0948. The Kier molecular flexibility index (Phi) is 6.10. The van der Waals surface area contributed by atoms with Crippen molar-refractivity contribution in [2.45, 2.75) is 13.0 Å². The molecule has 1 heterocycles. The van der Waals surface area contributed by atoms with Gasteiger partial charge in [-0.25, -0.2) is 4.39 Å². The average Bonchev–Trinajstić information content (AvgIpc) is 2.70. The fraction of sp³-hybridized carbons (Fsp3) is 0.190. The van der Waals surface area contributed by atoms with E-state index >= 15 is 0 Å². The Morgan fingerprint density at radius 2 is 1.74 bits per heavy atom. The third-order valence-electron chi connectivity index (χ3n) is 4.17. The van der Waals surface area contributed by atoms with Gasteiger partial charge >= 0.3 is 0 Å². The number of nitrogens with zero attached hydrogens (tertiary/aromatic N) is 3. The van der Waals surface area contributed by atoms with E-state index in [1.54, 1.807) is 30.3 Å². The van der Waals surface area contributed by atoms with Crippen LogP contribution in [0, 0.1) is 5.82 Å². The maximum Gasteiger partial charge on any atom is 0.271 e. The van der Waals surface area contributed by atoms with Crippen LogP contribution in [0.2, 0.25) is 0 Å². The summed E-state index contributed by atoms with van der Waals surface area (Å²) < 4.78 is 13.6. The van der Waals surface area contributed by atoms with Crippen LogP contribution in [-0.4, -0.2) is 29.7 Å². The van der Waals surface area contributed by atoms with E-state index in [0.29, 0.717) is 30.9 Å². The second-order valence-corrected chi connectivity index (χ2v) is 6.22. The lowest BCUT2D eigenvalue weighted by Crippen LogP contribution is -2.27. The van der Waals surface area contributed by atoms with Crippen LogP contribution >= 0.6 is 0 Å². The molecular formula is C21H21FN4O. The maximum absolute atomic E-state index is 13.6. The summed E-state index contributed by atoms with van der Waals surface area (Å²) >= 11 is 0. The SMILES string of the molecule is CN(Cc1ccccc1)c1ccc(C(=O)NCCc2ccccc2F)nn1. The van der Waals surface area contributed by atoms with E-state index < -0.39 is 0 Å². The number of amides is 1. The van der Waals surface area contributed by atoms with Gasteiger partial charge in [-0.3, -0.25) is 4.79 Å². The van der Waals surface area contributed by atoms with Gasteiger partial charge in [-0.15, -0.1) is 10.2 Å². The molecule has 0 radical (unpaired) electrons. The Bertz CT molecular complexity index is 884. The van der Waals surface area contributed by atoms with Gasteiger partial charge in [0.05, 0.1) is 0 Å². The smallest absolute Gasteiger partial charge is 0.271 e. The van der Waals surface area contributed by atoms with Gasteiger partial charge in [0.15, 0.2) is 11.5 Å². The topological polar surface area (TPSA) is 58.1 Å². The third kappa shape index (κ3) is 5.10. The second kappa shape index (κ2) is 8.89. The predicted octanol–water partition coefficient (Wildman–Crippen LogP) is 3.22. The summed E-state index contributed by atoms with van der Waals surface area (Å²) in [6.07, 6.45) is 0.420. The number of benzene rings is 2. The molecule has 0 bridgehead atoms. The molecule has 6 heteroatoms. The molecule has 2 aromatic carbocycles. The molecular weight excluding hydrogens is 343 g/mol. The van der Waals surface area contributed by atoms with Crippen LogP contribution in [0.5, 0.6) is 0 Å². The molecule has 27 heavy (non-hydrogen) atoms. The molecule has 1 aromatic heterocycles. The van der Waals surface area contributed by atoms with Crippen LogP contribution in [0.15, 0.2) is 66.7 Å². The zero-order valence-corrected chi connectivity index (χ0v) is 15.1. The Morgan fingerprint density at radius 3 is 2.44 bits per heavy atom. The highest BCUT2D eigenvalue weighted by molar-refractivity contribution is 5.92. The van der Waals surface area contributed by atoms with Crippen molar-refractivity contribution in [3.63, 3.8) is 0 Å². The van der Waals surface area contributed by atoms with Crippen LogP contribution in [0.4, 0.5) is 10.2 Å². The van der Waals surface area contributed by atoms with Crippen molar-refractivity contribution in [2.24, 2.45) is 0 Å². The predicted molar refractivity (Wildman–Crippen MR) is 103 cm³/mol. The quantitative estimate of drug-likeness (QED) is 0.699. The molecule has 0 aliphatic carbocycles. The van der Waals surface area contributed by atoms with Crippen molar-refractivity contribution in [3.8, 4) is 0 Å². The van der Waals surface area contributed by atoms with Gasteiger partial charge in [0.25, 0.3) is 5.91 Å². The highest BCUT2D eigenvalue weighted by Crippen LogP contribution is 2.12. The number of nitrogens with one attached hydrogen (secondary N) is 1. The number of carbonyl (C=O) groups is 1. The highest BCUT2D eigenvalue weighted by Gasteiger charge is 2.10. The molecule has 0 unspecified atom stereocenters. The van der Waals surface area contributed by atoms with E-state index in [1.807, 2.05) is 42.3 Å². The lowest BCUT2D eigenvalue weighted by atomic mass is 10.1. The molecule has 138 valence electrons. The van der Waals surface area contributed by atoms with E-state index in [2.05, 4.69) is 15.5 Å². The zero-order chi connectivity index (χ0) is 19.1. The van der Waals surface area contributed by atoms with Crippen molar-refractivity contribution in [3.05, 3.63) is 89.4 Å². The molecule has 1 amide bonds. The summed E-state index contributed by atoms with van der Waals surface area (Å²) in [4.78, 5) is 14.1. The Labute approximate surface area is 157 Å². The first-order valence-corrected chi connectivity index (χ1v) is 8.74. The summed E-state index contributed by atoms with van der Waals surface area (Å²) in [6.45, 7) is 1.03. The first-order chi connectivity index (χ1) is 13.1. The van der Waals surface area contributed by atoms with Gasteiger partial charge < -0.3 is 10.2 Å². The van der Waals surface area contributed by atoms with Crippen molar-refractivity contribution in [1.82, 2.24) is 15.5 Å². The molecule has 3 rings (SSSR count). The number of anilines is 1. The summed E-state index contributed by atoms with van der Waals surface area (Å²) in [5.41, 5.74) is 1.97. The van der Waals surface area contributed by atoms with Gasteiger partial charge in [0.1, 0.15) is 5.82 Å². The van der Waals surface area contributed by atoms with Gasteiger partial charge in [-0.05, 0) is 35.7 Å². The largest absolute Gasteiger partial charge is 0.354 e. The standard InChI is InChI=1S/C21H21FN4O/c1-26(15-16-7-3-2-4-8-16)20-12-11-19(24-25-20)21(27)23-14-13-17-9-5-6-10-18(17)22/h2-12H,13-15H2,1H3,(H,23,27). The van der Waals surface area contributed by atoms with Crippen LogP contribution in [0.1, 0.15) is 21.6 Å². The number of hydrogen-bond donors (Lipinski definition) is 1. The van der Waals surface area contributed by atoms with Crippen LogP contribution in [0.25, 0.3) is 0 Å². The van der Waals surface area contributed by atoms with E-state index in [4.69, 9.17) is 0 Å². The molecule has 0 atom stereocenters. The van der Waals surface area contributed by atoms with E-state index in [9.17, 15) is 9.18 Å². The average molecular weight is 364 g/mol. The molecule has 1 N–H and O–H groups in total. The first kappa shape index (κ1) is 18.5. The zero-order valence-electron chi connectivity index (χ0n) is 15.1. The molecule has 0 spiro atoms. The van der Waals surface area contributed by atoms with Crippen LogP contribution in [-0.2, 0) is 13.0 Å². The number of aromatic nitrogens is 2. The van der Waals surface area contributed by atoms with Crippen LogP contribution < -0.4 is 10.2 Å². The van der Waals surface area contributed by atoms with E-state index in [0.717, 1.165) is 5.56 Å². The summed E-state index contributed by atoms with van der Waals surface area (Å²) in [5.74, 6) is 0.0928. The van der Waals surface area contributed by atoms with Crippen LogP contribution in [0.3, 0.4) is 0 Å². The minimum atomic E-state index is -0.323. The second-order valence-electron chi connectivity index (χ2n) is 6.22. The fourth-order valence-electron chi connectivity index (χ4n) is 2.69. The van der Waals surface area contributed by atoms with Crippen molar-refractivity contribution >= 4 is 11.7 Å². The maximum atomic E-state index is 13.6. The first-order valence-electron chi connectivity index (χ1n) is 8.74. The number of halogens is 1. The number of hydrogen-bond acceptors (Lipinski definition) is 4. The van der Waals surface area contributed by atoms with Gasteiger partial charge in [-0.2, -0.15) is 0 Å². The van der Waals surface area contributed by atoms with Gasteiger partial charge in [0, 0.05) is 20.1 Å². The lowest BCUT2D eigenvalue weighted by Gasteiger charge is -2.17. The Morgan fingerprint density at radius 1 is 1.00 bits per heavy atom. The van der Waals surface area contributed by atoms with E-state index in [-0.39, 0.29) is 17.4 Å². The van der Waals surface area contributed by atoms with Gasteiger partial charge in [-0.1, -0.05) is 48.5 Å². The molecule has 0 fully saturated rings. The van der Waals surface area contributed by atoms with Crippen molar-refractivity contribution in [1.29, 1.82) is 0 Å². The molecule has 0 saturated carbocycles. The molecule has 5 nitrogen and oxygen atoms in total. The molecule has 0 aliphatic rings. The summed E-state index contributed by atoms with van der Waals surface area (Å²) in [6, 6.07) is 20.0. The third-order valence-corrected chi connectivity index (χ3v) is 4.17. The fourth-order valence-corrected chi connectivity index (χ4v) is 2.69. The van der Waals surface area contributed by atoms with E-state index in [1.165, 1.54) is 6.07 Å². The molecule has 3 aromatic rings. The molecule has 0 saturated heterocycles. The Balaban J connectivity index is 1.53. The van der Waals surface area contributed by atoms with Gasteiger partial charge in [0.2, 0.25) is 0 Å². The number of rotatable bonds is 7. The summed E-state index contributed by atoms with van der Waals surface area (Å²) in [7, 11) is 1.92. The van der Waals surface area contributed by atoms with Crippen molar-refractivity contribution in [2.75, 3.05) is 18.5 Å². The molecule has 0 aliphatic heterocycles. The van der Waals surface area contributed by atoms with Crippen molar-refractivity contribution < 1.29 is 9.18 Å². The Hall–Kier alpha value is -3.28.